The summed E-state index contributed by atoms with van der Waals surface area (Å²) in [7, 11) is 0. The topological polar surface area (TPSA) is 0 Å². The van der Waals surface area contributed by atoms with Gasteiger partial charge in [0, 0.05) is 0 Å². The van der Waals surface area contributed by atoms with Crippen molar-refractivity contribution in [2.45, 2.75) is 36.7 Å². The molecule has 0 nitrogen and oxygen atoms in total. The Morgan fingerprint density at radius 1 is 1.29 bits per heavy atom. The zero-order chi connectivity index (χ0) is 5.33. The summed E-state index contributed by atoms with van der Waals surface area (Å²) in [5.41, 5.74) is 0. The molecule has 1 aliphatic rings. The van der Waals surface area contributed by atoms with Gasteiger partial charge >= 0.3 is 54.4 Å². The van der Waals surface area contributed by atoms with Crippen LogP contribution in [0.15, 0.2) is 0 Å². The second kappa shape index (κ2) is 1.84. The molecule has 0 aliphatic heterocycles. The maximum atomic E-state index is 2.36. The average Bonchev–Trinajstić information content (AvgIpc) is 1.84. The Kier molecular flexibility index (Phi) is 1.51. The van der Waals surface area contributed by atoms with Crippen LogP contribution in [0.4, 0.5) is 0 Å². The van der Waals surface area contributed by atoms with Crippen LogP contribution < -0.4 is 0 Å². The molecule has 1 heteroatoms. The zero-order valence-electron chi connectivity index (χ0n) is 5.33. The van der Waals surface area contributed by atoms with Gasteiger partial charge in [0.15, 0.2) is 0 Å². The predicted molar refractivity (Wildman–Crippen MR) is 32.6 cm³/mol. The van der Waals surface area contributed by atoms with Gasteiger partial charge < -0.3 is 0 Å². The van der Waals surface area contributed by atoms with E-state index in [4.69, 9.17) is 0 Å². The third-order valence-corrected chi connectivity index (χ3v) is 1.96. The van der Waals surface area contributed by atoms with Gasteiger partial charge in [-0.25, -0.2) is 0 Å². The van der Waals surface area contributed by atoms with Crippen molar-refractivity contribution in [3.8, 4) is 0 Å². The Labute approximate surface area is 54.9 Å². The van der Waals surface area contributed by atoms with Crippen molar-refractivity contribution >= 4 is 17.7 Å². The molecular formula is C6H11Li. The van der Waals surface area contributed by atoms with Crippen LogP contribution in [0, 0.1) is 0 Å². The molecule has 0 atom stereocenters. The third-order valence-electron chi connectivity index (χ3n) is 1.96. The number of hydrogen-bond donors (Lipinski definition) is 0. The van der Waals surface area contributed by atoms with Gasteiger partial charge in [0.2, 0.25) is 0 Å². The van der Waals surface area contributed by atoms with Crippen LogP contribution in [0.5, 0.6) is 0 Å². The Balaban J connectivity index is 2.40. The standard InChI is InChI=1S/C6H11.Li/c1-6-4-2-3-5-6;/h2-5H2,1H3;. The third kappa shape index (κ3) is 1.51. The summed E-state index contributed by atoms with van der Waals surface area (Å²) < 4.78 is 0.694. The normalized spacial score (nSPS) is 28.4. The first-order chi connectivity index (χ1) is 3.21. The van der Waals surface area contributed by atoms with Crippen LogP contribution in [-0.4, -0.2) is 17.7 Å². The summed E-state index contributed by atoms with van der Waals surface area (Å²) in [6.07, 6.45) is 5.83. The van der Waals surface area contributed by atoms with Gasteiger partial charge in [0.1, 0.15) is 0 Å². The Morgan fingerprint density at radius 2 is 1.71 bits per heavy atom. The van der Waals surface area contributed by atoms with E-state index in [0.717, 1.165) is 0 Å². The minimum atomic E-state index is 0.694. The second-order valence-electron chi connectivity index (χ2n) is 3.37. The van der Waals surface area contributed by atoms with Gasteiger partial charge in [0.05, 0.1) is 0 Å². The van der Waals surface area contributed by atoms with Crippen molar-refractivity contribution < 1.29 is 0 Å². The van der Waals surface area contributed by atoms with Crippen molar-refractivity contribution in [1.82, 2.24) is 0 Å². The van der Waals surface area contributed by atoms with Gasteiger partial charge in [0.25, 0.3) is 0 Å². The summed E-state index contributed by atoms with van der Waals surface area (Å²) in [5.74, 6) is 0. The molecule has 0 bridgehead atoms. The molecule has 0 heterocycles. The van der Waals surface area contributed by atoms with Crippen molar-refractivity contribution in [3.63, 3.8) is 0 Å². The molecule has 1 fully saturated rings. The summed E-state index contributed by atoms with van der Waals surface area (Å²) >= 11 is 2.36. The Morgan fingerprint density at radius 3 is 1.86 bits per heavy atom. The Bertz CT molecular complexity index is 58.6. The maximum absolute atomic E-state index is 2.36. The molecule has 0 spiro atoms. The first-order valence-corrected chi connectivity index (χ1v) is 3.21. The molecule has 7 heavy (non-hydrogen) atoms. The first-order valence-electron chi connectivity index (χ1n) is 3.21. The molecule has 0 radical (unpaired) electrons. The van der Waals surface area contributed by atoms with Crippen LogP contribution in [0.2, 0.25) is 4.09 Å². The summed E-state index contributed by atoms with van der Waals surface area (Å²) in [6, 6.07) is 0. The molecule has 0 N–H and O–H groups in total. The number of rotatable bonds is 0. The average molecular weight is 90.1 g/mol. The van der Waals surface area contributed by atoms with E-state index in [-0.39, 0.29) is 0 Å². The molecular weight excluding hydrogens is 79.0 g/mol. The van der Waals surface area contributed by atoms with E-state index in [2.05, 4.69) is 24.6 Å². The predicted octanol–water partition coefficient (Wildman–Crippen LogP) is 1.91. The molecule has 0 saturated heterocycles. The zero-order valence-corrected chi connectivity index (χ0v) is 5.33. The summed E-state index contributed by atoms with van der Waals surface area (Å²) in [4.78, 5) is 0. The van der Waals surface area contributed by atoms with Crippen LogP contribution in [0.1, 0.15) is 32.6 Å². The fourth-order valence-corrected chi connectivity index (χ4v) is 1.33. The Hall–Kier alpha value is 0.597. The van der Waals surface area contributed by atoms with E-state index in [0.29, 0.717) is 4.09 Å². The van der Waals surface area contributed by atoms with Gasteiger partial charge in [-0.2, -0.15) is 0 Å². The molecule has 0 aromatic heterocycles. The van der Waals surface area contributed by atoms with Crippen molar-refractivity contribution in [3.05, 3.63) is 0 Å². The monoisotopic (exact) mass is 90.1 g/mol. The SMILES string of the molecule is [Li][C]1(C)CCCC1. The van der Waals surface area contributed by atoms with Crippen molar-refractivity contribution in [1.29, 1.82) is 0 Å². The van der Waals surface area contributed by atoms with E-state index in [1.165, 1.54) is 25.7 Å². The van der Waals surface area contributed by atoms with Gasteiger partial charge in [-0.15, -0.1) is 0 Å². The second-order valence-corrected chi connectivity index (χ2v) is 3.37. The van der Waals surface area contributed by atoms with E-state index >= 15 is 0 Å². The van der Waals surface area contributed by atoms with Crippen LogP contribution in [-0.2, 0) is 0 Å². The van der Waals surface area contributed by atoms with Gasteiger partial charge in [-0.3, -0.25) is 0 Å². The van der Waals surface area contributed by atoms with Crippen molar-refractivity contribution in [2.24, 2.45) is 0 Å². The fourth-order valence-electron chi connectivity index (χ4n) is 1.33. The van der Waals surface area contributed by atoms with E-state index in [9.17, 15) is 0 Å². The first kappa shape index (κ1) is 5.73. The van der Waals surface area contributed by atoms with Crippen molar-refractivity contribution in [2.75, 3.05) is 0 Å². The van der Waals surface area contributed by atoms with Gasteiger partial charge in [-0.05, 0) is 0 Å². The minimum absolute atomic E-state index is 0.694. The molecule has 36 valence electrons. The van der Waals surface area contributed by atoms with Crippen LogP contribution in [0.3, 0.4) is 0 Å². The molecule has 0 unspecified atom stereocenters. The molecule has 1 rings (SSSR count). The molecule has 1 aliphatic carbocycles. The quantitative estimate of drug-likeness (QED) is 0.398. The van der Waals surface area contributed by atoms with Gasteiger partial charge in [-0.1, -0.05) is 0 Å². The van der Waals surface area contributed by atoms with E-state index < -0.39 is 0 Å². The number of hydrogen-bond acceptors (Lipinski definition) is 0. The van der Waals surface area contributed by atoms with E-state index in [1.807, 2.05) is 0 Å². The molecule has 1 saturated carbocycles. The summed E-state index contributed by atoms with van der Waals surface area (Å²) in [5, 5.41) is 0. The molecule has 0 amide bonds. The van der Waals surface area contributed by atoms with Crippen LogP contribution in [0.25, 0.3) is 0 Å². The van der Waals surface area contributed by atoms with E-state index in [1.54, 1.807) is 0 Å². The summed E-state index contributed by atoms with van der Waals surface area (Å²) in [6.45, 7) is 2.36. The molecule has 0 aromatic rings. The molecule has 0 aromatic carbocycles. The fraction of sp³-hybridized carbons (Fsp3) is 1.00. The van der Waals surface area contributed by atoms with Crippen LogP contribution >= 0.6 is 0 Å².